The van der Waals surface area contributed by atoms with Crippen molar-refractivity contribution in [3.63, 3.8) is 0 Å². The molecule has 2 heterocycles. The van der Waals surface area contributed by atoms with Crippen molar-refractivity contribution in [1.29, 1.82) is 0 Å². The molecule has 3 aliphatic rings. The van der Waals surface area contributed by atoms with Crippen molar-refractivity contribution in [1.82, 2.24) is 0 Å². The van der Waals surface area contributed by atoms with Crippen LogP contribution in [0.3, 0.4) is 0 Å². The van der Waals surface area contributed by atoms with Gasteiger partial charge in [-0.05, 0) is 24.1 Å². The molecule has 144 valence electrons. The number of benzene rings is 1. The number of hydrogen-bond donors (Lipinski definition) is 0. The van der Waals surface area contributed by atoms with E-state index in [0.29, 0.717) is 17.9 Å². The summed E-state index contributed by atoms with van der Waals surface area (Å²) in [5.74, 6) is 1.47. The topological polar surface area (TPSA) is 63.2 Å². The molecule has 5 atom stereocenters. The Kier molecular flexibility index (Phi) is 4.48. The standard InChI is InChI=1S/C21H24O6/c1-5-6-14-15(22)10-18(23-3)21(24-4)12(2)19(27-20(14)21)13-7-8-16-17(9-13)26-11-25-16/h5,7-10,12,14,19-20H,1,6,11H2,2-4H3/t12-,14+,19-,20+,21-/m0/s1. The highest BCUT2D eigenvalue weighted by atomic mass is 16.7. The van der Waals surface area contributed by atoms with Crippen LogP contribution < -0.4 is 9.47 Å². The van der Waals surface area contributed by atoms with Gasteiger partial charge in [-0.3, -0.25) is 4.79 Å². The molecule has 1 aliphatic carbocycles. The fourth-order valence-electron chi connectivity index (χ4n) is 4.62. The van der Waals surface area contributed by atoms with Gasteiger partial charge < -0.3 is 23.7 Å². The Hall–Kier alpha value is -2.31. The minimum absolute atomic E-state index is 0.0250. The Morgan fingerprint density at radius 2 is 2.07 bits per heavy atom. The zero-order valence-electron chi connectivity index (χ0n) is 15.8. The third-order valence-electron chi connectivity index (χ3n) is 5.94. The highest BCUT2D eigenvalue weighted by Crippen LogP contribution is 2.55. The minimum Gasteiger partial charge on any atom is -0.498 e. The second kappa shape index (κ2) is 6.69. The number of allylic oxidation sites excluding steroid dienone is 2. The summed E-state index contributed by atoms with van der Waals surface area (Å²) in [5.41, 5.74) is 0.120. The van der Waals surface area contributed by atoms with Crippen LogP contribution in [0.4, 0.5) is 0 Å². The number of methoxy groups -OCH3 is 2. The van der Waals surface area contributed by atoms with Gasteiger partial charge in [0, 0.05) is 19.1 Å². The van der Waals surface area contributed by atoms with Crippen molar-refractivity contribution in [3.05, 3.63) is 48.3 Å². The normalized spacial score (nSPS) is 34.2. The van der Waals surface area contributed by atoms with Crippen molar-refractivity contribution in [3.8, 4) is 11.5 Å². The van der Waals surface area contributed by atoms with Crippen LogP contribution in [0.5, 0.6) is 11.5 Å². The van der Waals surface area contributed by atoms with Crippen LogP contribution in [0.1, 0.15) is 25.0 Å². The number of carbonyl (C=O) groups excluding carboxylic acids is 1. The maximum Gasteiger partial charge on any atom is 0.231 e. The monoisotopic (exact) mass is 372 g/mol. The van der Waals surface area contributed by atoms with Gasteiger partial charge >= 0.3 is 0 Å². The second-order valence-corrected chi connectivity index (χ2v) is 7.12. The summed E-state index contributed by atoms with van der Waals surface area (Å²) in [6.45, 7) is 6.08. The summed E-state index contributed by atoms with van der Waals surface area (Å²) in [7, 11) is 3.20. The van der Waals surface area contributed by atoms with Gasteiger partial charge in [-0.1, -0.05) is 19.1 Å². The van der Waals surface area contributed by atoms with E-state index in [9.17, 15) is 4.79 Å². The van der Waals surface area contributed by atoms with Crippen LogP contribution in [0.15, 0.2) is 42.7 Å². The SMILES string of the molecule is C=CC[C@@H]1C(=O)C=C(OC)[C@]2(OC)[C@@H]1O[C@H](c1ccc3c(c1)OCO3)[C@@H]2C. The molecular formula is C21H24O6. The van der Waals surface area contributed by atoms with E-state index in [1.54, 1.807) is 26.4 Å². The molecule has 0 radical (unpaired) electrons. The molecule has 1 aromatic carbocycles. The number of hydrogen-bond acceptors (Lipinski definition) is 6. The summed E-state index contributed by atoms with van der Waals surface area (Å²) in [6, 6.07) is 5.79. The lowest BCUT2D eigenvalue weighted by Crippen LogP contribution is -2.54. The first-order valence-corrected chi connectivity index (χ1v) is 9.07. The molecule has 2 aliphatic heterocycles. The molecule has 6 nitrogen and oxygen atoms in total. The molecule has 0 amide bonds. The van der Waals surface area contributed by atoms with Gasteiger partial charge in [-0.15, -0.1) is 6.58 Å². The highest BCUT2D eigenvalue weighted by molar-refractivity contribution is 5.94. The molecule has 0 aromatic heterocycles. The first-order valence-electron chi connectivity index (χ1n) is 9.07. The highest BCUT2D eigenvalue weighted by Gasteiger charge is 2.63. The zero-order valence-corrected chi connectivity index (χ0v) is 15.8. The summed E-state index contributed by atoms with van der Waals surface area (Å²) < 4.78 is 29.0. The lowest BCUT2D eigenvalue weighted by atomic mass is 9.71. The summed E-state index contributed by atoms with van der Waals surface area (Å²) in [5, 5.41) is 0. The molecule has 4 rings (SSSR count). The molecular weight excluding hydrogens is 348 g/mol. The zero-order chi connectivity index (χ0) is 19.2. The Morgan fingerprint density at radius 3 is 2.78 bits per heavy atom. The average molecular weight is 372 g/mol. The summed E-state index contributed by atoms with van der Waals surface area (Å²) in [6.07, 6.45) is 3.08. The lowest BCUT2D eigenvalue weighted by Gasteiger charge is -2.42. The molecule has 1 fully saturated rings. The summed E-state index contributed by atoms with van der Waals surface area (Å²) in [4.78, 5) is 12.7. The van der Waals surface area contributed by atoms with Crippen LogP contribution in [0.25, 0.3) is 0 Å². The smallest absolute Gasteiger partial charge is 0.231 e. The molecule has 0 spiro atoms. The first kappa shape index (κ1) is 18.1. The molecule has 0 unspecified atom stereocenters. The average Bonchev–Trinajstić information content (AvgIpc) is 3.26. The molecule has 0 N–H and O–H groups in total. The van der Waals surface area contributed by atoms with Gasteiger partial charge in [0.15, 0.2) is 22.9 Å². The van der Waals surface area contributed by atoms with E-state index in [1.807, 2.05) is 18.2 Å². The van der Waals surface area contributed by atoms with Gasteiger partial charge in [0.05, 0.1) is 19.1 Å². The minimum atomic E-state index is -0.836. The van der Waals surface area contributed by atoms with E-state index in [0.717, 1.165) is 11.3 Å². The molecule has 0 saturated carbocycles. The predicted octanol–water partition coefficient (Wildman–Crippen LogP) is 3.18. The number of ketones is 1. The van der Waals surface area contributed by atoms with Crippen molar-refractivity contribution in [2.45, 2.75) is 31.2 Å². The molecule has 6 heteroatoms. The van der Waals surface area contributed by atoms with Gasteiger partial charge in [0.25, 0.3) is 0 Å². The van der Waals surface area contributed by atoms with Crippen LogP contribution in [0.2, 0.25) is 0 Å². The number of ether oxygens (including phenoxy) is 5. The Bertz CT molecular complexity index is 800. The van der Waals surface area contributed by atoms with Gasteiger partial charge in [-0.2, -0.15) is 0 Å². The van der Waals surface area contributed by atoms with Crippen LogP contribution >= 0.6 is 0 Å². The van der Waals surface area contributed by atoms with Crippen molar-refractivity contribution in [2.75, 3.05) is 21.0 Å². The van der Waals surface area contributed by atoms with Crippen LogP contribution in [-0.2, 0) is 19.0 Å². The molecule has 27 heavy (non-hydrogen) atoms. The van der Waals surface area contributed by atoms with Crippen molar-refractivity contribution >= 4 is 5.78 Å². The third kappa shape index (κ3) is 2.51. The Labute approximate surface area is 158 Å². The van der Waals surface area contributed by atoms with Crippen LogP contribution in [0, 0.1) is 11.8 Å². The molecule has 0 bridgehead atoms. The maximum absolute atomic E-state index is 12.7. The largest absolute Gasteiger partial charge is 0.498 e. The molecule has 1 saturated heterocycles. The first-order chi connectivity index (χ1) is 13.1. The molecule has 1 aromatic rings. The van der Waals surface area contributed by atoms with Crippen molar-refractivity contribution < 1.29 is 28.5 Å². The quantitative estimate of drug-likeness (QED) is 0.740. The maximum atomic E-state index is 12.7. The predicted molar refractivity (Wildman–Crippen MR) is 97.5 cm³/mol. The Morgan fingerprint density at radius 1 is 1.30 bits per heavy atom. The van der Waals surface area contributed by atoms with E-state index in [-0.39, 0.29) is 30.5 Å². The Balaban J connectivity index is 1.78. The summed E-state index contributed by atoms with van der Waals surface area (Å²) >= 11 is 0. The van der Waals surface area contributed by atoms with E-state index in [2.05, 4.69) is 13.5 Å². The van der Waals surface area contributed by atoms with Gasteiger partial charge in [0.2, 0.25) is 6.79 Å². The van der Waals surface area contributed by atoms with E-state index in [1.165, 1.54) is 0 Å². The van der Waals surface area contributed by atoms with Gasteiger partial charge in [0.1, 0.15) is 11.9 Å². The number of carbonyl (C=O) groups is 1. The third-order valence-corrected chi connectivity index (χ3v) is 5.94. The second-order valence-electron chi connectivity index (χ2n) is 7.12. The number of rotatable bonds is 5. The van der Waals surface area contributed by atoms with E-state index < -0.39 is 11.7 Å². The fraction of sp³-hybridized carbons (Fsp3) is 0.476. The van der Waals surface area contributed by atoms with Crippen LogP contribution in [-0.4, -0.2) is 38.5 Å². The lowest BCUT2D eigenvalue weighted by molar-refractivity contribution is -0.141. The van der Waals surface area contributed by atoms with Crippen molar-refractivity contribution in [2.24, 2.45) is 11.8 Å². The van der Waals surface area contributed by atoms with Gasteiger partial charge in [-0.25, -0.2) is 0 Å². The van der Waals surface area contributed by atoms with E-state index in [4.69, 9.17) is 23.7 Å². The van der Waals surface area contributed by atoms with E-state index >= 15 is 0 Å². The fourth-order valence-corrected chi connectivity index (χ4v) is 4.62. The number of fused-ring (bicyclic) bond motifs is 2.